The van der Waals surface area contributed by atoms with Crippen LogP contribution in [0.1, 0.15) is 162 Å². The number of nitrogens with two attached hydrogens (primary N) is 1. The number of hydrogen-bond donors (Lipinski definition) is 12. The van der Waals surface area contributed by atoms with E-state index in [1.54, 1.807) is 26.0 Å². The van der Waals surface area contributed by atoms with Crippen molar-refractivity contribution >= 4 is 81.2 Å². The Kier molecular flexibility index (Phi) is 29.6. The molecule has 110 heavy (non-hydrogen) atoms. The van der Waals surface area contributed by atoms with Crippen molar-refractivity contribution in [2.75, 3.05) is 83.5 Å². The lowest BCUT2D eigenvalue weighted by Gasteiger charge is -2.29. The average molecular weight is 1520 g/mol. The molecule has 30 heteroatoms. The summed E-state index contributed by atoms with van der Waals surface area (Å²) in [5.41, 5.74) is 17.4. The lowest BCUT2D eigenvalue weighted by molar-refractivity contribution is -0.142. The number of fused-ring (bicyclic) bond motifs is 6. The van der Waals surface area contributed by atoms with Crippen LogP contribution in [0.2, 0.25) is 0 Å². The van der Waals surface area contributed by atoms with Gasteiger partial charge in [0.2, 0.25) is 17.8 Å². The van der Waals surface area contributed by atoms with Crippen LogP contribution in [0.3, 0.4) is 0 Å². The van der Waals surface area contributed by atoms with Crippen molar-refractivity contribution in [3.05, 3.63) is 156 Å². The summed E-state index contributed by atoms with van der Waals surface area (Å²) in [6, 6.07) is 3.88. The van der Waals surface area contributed by atoms with Crippen LogP contribution < -0.4 is 48.5 Å². The number of hydrogen-bond acceptors (Lipinski definition) is 24. The number of nitrogen functional groups attached to an aromatic ring is 1. The van der Waals surface area contributed by atoms with Gasteiger partial charge in [-0.2, -0.15) is 4.98 Å². The number of amides is 3. The van der Waals surface area contributed by atoms with Crippen molar-refractivity contribution in [2.45, 2.75) is 175 Å². The zero-order valence-electron chi connectivity index (χ0n) is 64.4. The van der Waals surface area contributed by atoms with Gasteiger partial charge in [-0.15, -0.1) is 0 Å². The van der Waals surface area contributed by atoms with Gasteiger partial charge in [-0.25, -0.2) is 34.5 Å². The molecule has 3 aromatic rings. The van der Waals surface area contributed by atoms with E-state index in [1.165, 1.54) is 18.3 Å². The summed E-state index contributed by atoms with van der Waals surface area (Å²) in [5, 5.41) is 53.3. The number of aliphatic imine (C=N–C) groups is 3. The molecular weight excluding hydrogens is 1410 g/mol. The van der Waals surface area contributed by atoms with E-state index in [0.29, 0.717) is 127 Å². The largest absolute Gasteiger partial charge is 0.511 e. The maximum absolute atomic E-state index is 13.8. The van der Waals surface area contributed by atoms with Gasteiger partial charge in [0.1, 0.15) is 31.1 Å². The first kappa shape index (κ1) is 83.8. The molecule has 3 amide bonds. The van der Waals surface area contributed by atoms with E-state index in [1.807, 2.05) is 52.0 Å². The Balaban J connectivity index is 0.595. The van der Waals surface area contributed by atoms with Crippen molar-refractivity contribution in [3.63, 3.8) is 0 Å². The van der Waals surface area contributed by atoms with Crippen LogP contribution in [-0.4, -0.2) is 189 Å². The van der Waals surface area contributed by atoms with Gasteiger partial charge in [0.15, 0.2) is 22.7 Å². The number of H-pyrrole nitrogens is 1. The van der Waals surface area contributed by atoms with Crippen molar-refractivity contribution < 1.29 is 67.8 Å². The van der Waals surface area contributed by atoms with Gasteiger partial charge in [-0.1, -0.05) is 40.3 Å². The molecule has 9 rings (SSSR count). The highest BCUT2D eigenvalue weighted by atomic mass is 16.5. The van der Waals surface area contributed by atoms with Crippen molar-refractivity contribution in [2.24, 2.45) is 26.8 Å². The third-order valence-electron chi connectivity index (χ3n) is 21.0. The van der Waals surface area contributed by atoms with Crippen LogP contribution in [0.4, 0.5) is 11.6 Å². The number of ether oxygens (including phenoxy) is 4. The topological polar surface area (TPSA) is 436 Å². The minimum absolute atomic E-state index is 0.0414. The van der Waals surface area contributed by atoms with Crippen LogP contribution in [0.25, 0.3) is 11.2 Å². The lowest BCUT2D eigenvalue weighted by Crippen LogP contribution is -2.51. The fourth-order valence-electron chi connectivity index (χ4n) is 13.8. The van der Waals surface area contributed by atoms with E-state index in [9.17, 15) is 53.7 Å². The number of carbonyl (C=O) groups excluding carboxylic acids is 5. The number of carboxylic acids is 2. The zero-order valence-corrected chi connectivity index (χ0v) is 64.4. The number of unbranched alkanes of at least 4 members (excludes halogenated alkanes) is 1. The standard InChI is InChI=1S/C80H105N15O15/c1-11-52-45(5)58-38-60-47(7)54(70(91-60)55-37-64(96)69-48(8)61(92-71(55)69)40-63-53(12-2)46(6)59(89-63)39-62(52)88-58)24-27-67(99)90-56(76(103)104)19-15-16-29-85-80(10,14-4)66(98)43-110-44-68(100)82-28-17-31-107-33-35-109-36-34-108-32-18-30-86-79(9,13-3)65(97)26-25-57(77(105)106)93-74(101)49-20-22-50(23-21-49)83-41-51-42-84-73-72(87-51)75(102)95-78(81)94-73/h11,20-23,38-40,42,47,54,56-57,83,85-86,91,96H,1,12-19,24-37,41,43-44H2,2-10H3,(H,82,100)(H,90,99)(H,93,101)(H,103,104)(H,105,106)(H3,81,84,94,95,102)/t47-,54-,56?,57-,79?,80?/m0/s1. The maximum Gasteiger partial charge on any atom is 0.326 e. The molecule has 5 aliphatic heterocycles. The number of nitrogens with zero attached hydrogens (tertiary/aromatic N) is 6. The number of allylic oxidation sites excluding steroid dienone is 12. The van der Waals surface area contributed by atoms with Crippen LogP contribution >= 0.6 is 0 Å². The molecule has 1 aromatic carbocycles. The summed E-state index contributed by atoms with van der Waals surface area (Å²) in [5.74, 6) is -4.40. The second kappa shape index (κ2) is 38.9. The Morgan fingerprint density at radius 2 is 1.37 bits per heavy atom. The first-order chi connectivity index (χ1) is 52.7. The van der Waals surface area contributed by atoms with E-state index in [4.69, 9.17) is 39.7 Å². The van der Waals surface area contributed by atoms with Gasteiger partial charge < -0.3 is 77.2 Å². The fourth-order valence-corrected chi connectivity index (χ4v) is 13.8. The summed E-state index contributed by atoms with van der Waals surface area (Å²) < 4.78 is 22.5. The molecule has 1 aliphatic carbocycles. The number of aromatic nitrogens is 4. The number of aliphatic carboxylic acids is 2. The van der Waals surface area contributed by atoms with Gasteiger partial charge >= 0.3 is 11.9 Å². The molecule has 0 spiro atoms. The molecule has 0 radical (unpaired) electrons. The van der Waals surface area contributed by atoms with Crippen molar-refractivity contribution in [1.29, 1.82) is 0 Å². The third kappa shape index (κ3) is 21.2. The lowest BCUT2D eigenvalue weighted by atomic mass is 9.86. The summed E-state index contributed by atoms with van der Waals surface area (Å²) in [6.07, 6.45) is 13.8. The fraction of sp³-hybridized carbons (Fsp3) is 0.500. The first-order valence-electron chi connectivity index (χ1n) is 37.8. The molecule has 1 saturated heterocycles. The number of benzene rings is 1. The Labute approximate surface area is 640 Å². The monoisotopic (exact) mass is 1520 g/mol. The van der Waals surface area contributed by atoms with Gasteiger partial charge in [0, 0.05) is 90.2 Å². The van der Waals surface area contributed by atoms with Crippen LogP contribution in [-0.2, 0) is 54.3 Å². The van der Waals surface area contributed by atoms with E-state index >= 15 is 0 Å². The molecule has 2 aromatic heterocycles. The Morgan fingerprint density at radius 1 is 0.727 bits per heavy atom. The second-order valence-corrected chi connectivity index (χ2v) is 28.5. The molecule has 0 saturated carbocycles. The second-order valence-electron chi connectivity index (χ2n) is 28.5. The summed E-state index contributed by atoms with van der Waals surface area (Å²) >= 11 is 0. The smallest absolute Gasteiger partial charge is 0.326 e. The minimum atomic E-state index is -1.31. The van der Waals surface area contributed by atoms with Gasteiger partial charge in [0.05, 0.1) is 90.2 Å². The quantitative estimate of drug-likeness (QED) is 0.0239. The molecule has 8 bridgehead atoms. The molecule has 6 atom stereocenters. The SMILES string of the molecule is C=CC1=C(C)C2=NC1=CC1=NC(=CC3=C(C)C4=C(O)CC(=C5NC(=C2)[C@@H](C)[C@@H]5CCC(=O)NC(CCCCNC(C)(CC)C(=O)COCC(=O)NCCCOCCOCCOCCCNC(C)(CC)C(=O)CC[C@H](NC(=O)c2ccc(NCc5cnc6nc(N)[nH]c(=O)c6n5)cc2)C(=O)O)C(=O)O)C4=N3)C(CC)=C1C. The highest BCUT2D eigenvalue weighted by Gasteiger charge is 2.42. The third-order valence-corrected chi connectivity index (χ3v) is 21.0. The Bertz CT molecular complexity index is 4460. The van der Waals surface area contributed by atoms with E-state index in [-0.39, 0.29) is 110 Å². The number of aromatic amines is 1. The van der Waals surface area contributed by atoms with Crippen LogP contribution in [0.15, 0.2) is 154 Å². The number of carbonyl (C=O) groups is 7. The van der Waals surface area contributed by atoms with Gasteiger partial charge in [-0.3, -0.25) is 33.8 Å². The number of anilines is 2. The molecule has 30 nitrogen and oxygen atoms in total. The van der Waals surface area contributed by atoms with Crippen LogP contribution in [0.5, 0.6) is 0 Å². The molecule has 7 heterocycles. The minimum Gasteiger partial charge on any atom is -0.511 e. The Morgan fingerprint density at radius 3 is 2.05 bits per heavy atom. The highest BCUT2D eigenvalue weighted by molar-refractivity contribution is 6.21. The Hall–Kier alpha value is -10.2. The molecule has 13 N–H and O–H groups in total. The normalized spacial score (nSPS) is 18.2. The zero-order chi connectivity index (χ0) is 79.4. The number of rotatable bonds is 45. The maximum atomic E-state index is 13.8. The molecule has 6 aliphatic rings. The van der Waals surface area contributed by atoms with Crippen LogP contribution in [0, 0.1) is 11.8 Å². The highest BCUT2D eigenvalue weighted by Crippen LogP contribution is 2.47. The first-order valence-corrected chi connectivity index (χ1v) is 37.8. The van der Waals surface area contributed by atoms with E-state index in [0.717, 1.165) is 79.8 Å². The number of carboxylic acid groups (broad SMARTS) is 2. The summed E-state index contributed by atoms with van der Waals surface area (Å²) in [7, 11) is 0. The number of aliphatic hydroxyl groups excluding tert-OH is 1. The van der Waals surface area contributed by atoms with E-state index < -0.39 is 52.5 Å². The number of Topliss-reactive ketones (excluding diaryl/α,β-unsaturated/α-hetero) is 2. The molecule has 1 fully saturated rings. The molecule has 3 unspecified atom stereocenters. The van der Waals surface area contributed by atoms with Gasteiger partial charge in [0.25, 0.3) is 11.5 Å². The van der Waals surface area contributed by atoms with Crippen molar-refractivity contribution in [3.8, 4) is 0 Å². The predicted octanol–water partition coefficient (Wildman–Crippen LogP) is 7.87. The number of ketones is 2. The van der Waals surface area contributed by atoms with Crippen molar-refractivity contribution in [1.82, 2.24) is 51.8 Å². The van der Waals surface area contributed by atoms with Gasteiger partial charge in [-0.05, 0) is 177 Å². The number of nitrogens with one attached hydrogen (secondary N) is 8. The summed E-state index contributed by atoms with van der Waals surface area (Å²) in [6.45, 7) is 24.6. The average Bonchev–Trinajstić information content (AvgIpc) is 1.58. The van der Waals surface area contributed by atoms with E-state index in [2.05, 4.69) is 84.5 Å². The molecular formula is C80H105N15O15. The summed E-state index contributed by atoms with van der Waals surface area (Å²) in [4.78, 5) is 133. The molecule has 590 valence electrons. The number of aliphatic hydroxyl groups is 1. The predicted molar refractivity (Wildman–Crippen MR) is 418 cm³/mol.